The van der Waals surface area contributed by atoms with E-state index in [9.17, 15) is 0 Å². The standard InChI is InChI=1S/C14H22BrNS2/c1-16-12(8-14-7-11(15)9-17-14)10-18-13-5-3-2-4-6-13/h7,9,12-13,16H,2-6,8,10H2,1H3. The number of hydrogen-bond donors (Lipinski definition) is 1. The number of halogens is 1. The van der Waals surface area contributed by atoms with Gasteiger partial charge in [-0.2, -0.15) is 11.8 Å². The molecule has 0 spiro atoms. The predicted octanol–water partition coefficient (Wildman–Crippen LogP) is 4.71. The summed E-state index contributed by atoms with van der Waals surface area (Å²) in [5, 5.41) is 6.57. The minimum atomic E-state index is 0.613. The molecular formula is C14H22BrNS2. The Bertz CT molecular complexity index is 347. The molecule has 0 radical (unpaired) electrons. The van der Waals surface area contributed by atoms with E-state index in [0.29, 0.717) is 6.04 Å². The third-order valence-corrected chi connectivity index (χ3v) is 6.82. The van der Waals surface area contributed by atoms with Gasteiger partial charge in [0.1, 0.15) is 0 Å². The quantitative estimate of drug-likeness (QED) is 0.799. The lowest BCUT2D eigenvalue weighted by Gasteiger charge is -2.23. The number of thiophene rings is 1. The highest BCUT2D eigenvalue weighted by Gasteiger charge is 2.16. The van der Waals surface area contributed by atoms with Crippen LogP contribution in [-0.4, -0.2) is 24.1 Å². The first-order valence-corrected chi connectivity index (χ1v) is 9.52. The summed E-state index contributed by atoms with van der Waals surface area (Å²) in [5.74, 6) is 1.25. The number of thioether (sulfide) groups is 1. The van der Waals surface area contributed by atoms with Crippen LogP contribution in [0.3, 0.4) is 0 Å². The van der Waals surface area contributed by atoms with Gasteiger partial charge in [0.2, 0.25) is 0 Å². The lowest BCUT2D eigenvalue weighted by atomic mass is 10.0. The highest BCUT2D eigenvalue weighted by atomic mass is 79.9. The van der Waals surface area contributed by atoms with E-state index in [4.69, 9.17) is 0 Å². The first kappa shape index (κ1) is 14.9. The molecule has 0 saturated heterocycles. The van der Waals surface area contributed by atoms with E-state index in [1.165, 1.54) is 47.2 Å². The van der Waals surface area contributed by atoms with Crippen LogP contribution in [0.1, 0.15) is 37.0 Å². The predicted molar refractivity (Wildman–Crippen MR) is 87.9 cm³/mol. The Kier molecular flexibility index (Phi) is 6.56. The van der Waals surface area contributed by atoms with Crippen molar-refractivity contribution in [1.82, 2.24) is 5.32 Å². The molecule has 1 nitrogen and oxygen atoms in total. The van der Waals surface area contributed by atoms with E-state index in [1.54, 1.807) is 0 Å². The summed E-state index contributed by atoms with van der Waals surface area (Å²) in [6.45, 7) is 0. The topological polar surface area (TPSA) is 12.0 Å². The Labute approximate surface area is 127 Å². The normalized spacial score (nSPS) is 19.0. The first-order chi connectivity index (χ1) is 8.78. The van der Waals surface area contributed by atoms with Crippen LogP contribution in [0.5, 0.6) is 0 Å². The van der Waals surface area contributed by atoms with Gasteiger partial charge in [-0.3, -0.25) is 0 Å². The Balaban J connectivity index is 1.74. The fourth-order valence-electron chi connectivity index (χ4n) is 2.43. The molecule has 0 amide bonds. The Morgan fingerprint density at radius 3 is 2.83 bits per heavy atom. The smallest absolute Gasteiger partial charge is 0.0285 e. The van der Waals surface area contributed by atoms with Crippen molar-refractivity contribution in [2.45, 2.75) is 49.8 Å². The Hall–Kier alpha value is 0.490. The van der Waals surface area contributed by atoms with E-state index in [0.717, 1.165) is 11.7 Å². The van der Waals surface area contributed by atoms with E-state index >= 15 is 0 Å². The molecule has 18 heavy (non-hydrogen) atoms. The Morgan fingerprint density at radius 2 is 2.22 bits per heavy atom. The number of rotatable bonds is 6. The van der Waals surface area contributed by atoms with E-state index in [2.05, 4.69) is 51.5 Å². The summed E-state index contributed by atoms with van der Waals surface area (Å²) in [7, 11) is 2.09. The zero-order chi connectivity index (χ0) is 12.8. The molecular weight excluding hydrogens is 326 g/mol. The molecule has 1 aliphatic carbocycles. The third kappa shape index (κ3) is 4.87. The van der Waals surface area contributed by atoms with Crippen molar-refractivity contribution >= 4 is 39.0 Å². The van der Waals surface area contributed by atoms with Crippen LogP contribution in [0.4, 0.5) is 0 Å². The molecule has 1 saturated carbocycles. The highest BCUT2D eigenvalue weighted by molar-refractivity contribution is 9.10. The highest BCUT2D eigenvalue weighted by Crippen LogP contribution is 2.29. The molecule has 1 aromatic rings. The molecule has 1 fully saturated rings. The van der Waals surface area contributed by atoms with E-state index in [1.807, 2.05) is 11.3 Å². The SMILES string of the molecule is CNC(CSC1CCCCC1)Cc1cc(Br)cs1. The molecule has 1 N–H and O–H groups in total. The molecule has 0 bridgehead atoms. The third-order valence-electron chi connectivity index (χ3n) is 3.56. The molecule has 1 aliphatic rings. The van der Waals surface area contributed by atoms with Gasteiger partial charge in [-0.1, -0.05) is 19.3 Å². The molecule has 1 aromatic heterocycles. The van der Waals surface area contributed by atoms with Gasteiger partial charge < -0.3 is 5.32 Å². The number of nitrogens with one attached hydrogen (secondary N) is 1. The number of likely N-dealkylation sites (N-methyl/N-ethyl adjacent to an activating group) is 1. The fourth-order valence-corrected chi connectivity index (χ4v) is 5.42. The molecule has 1 atom stereocenters. The summed E-state index contributed by atoms with van der Waals surface area (Å²) in [6, 6.07) is 2.86. The van der Waals surface area contributed by atoms with Crippen molar-refractivity contribution in [1.29, 1.82) is 0 Å². The van der Waals surface area contributed by atoms with Gasteiger partial charge in [0.25, 0.3) is 0 Å². The zero-order valence-corrected chi connectivity index (χ0v) is 14.2. The average Bonchev–Trinajstić information content (AvgIpc) is 2.81. The summed E-state index contributed by atoms with van der Waals surface area (Å²) >= 11 is 7.58. The Morgan fingerprint density at radius 1 is 1.44 bits per heavy atom. The van der Waals surface area contributed by atoms with Crippen LogP contribution in [0, 0.1) is 0 Å². The van der Waals surface area contributed by atoms with Crippen molar-refractivity contribution in [3.63, 3.8) is 0 Å². The second-order valence-electron chi connectivity index (χ2n) is 5.01. The average molecular weight is 348 g/mol. The molecule has 4 heteroatoms. The summed E-state index contributed by atoms with van der Waals surface area (Å²) < 4.78 is 1.22. The van der Waals surface area contributed by atoms with Crippen molar-refractivity contribution in [2.75, 3.05) is 12.8 Å². The van der Waals surface area contributed by atoms with Gasteiger partial charge in [-0.25, -0.2) is 0 Å². The zero-order valence-electron chi connectivity index (χ0n) is 11.0. The molecule has 1 heterocycles. The molecule has 1 unspecified atom stereocenters. The maximum Gasteiger partial charge on any atom is 0.0285 e. The van der Waals surface area contributed by atoms with E-state index in [-0.39, 0.29) is 0 Å². The van der Waals surface area contributed by atoms with Gasteiger partial charge in [-0.05, 0) is 48.3 Å². The second kappa shape index (κ2) is 7.93. The maximum absolute atomic E-state index is 3.53. The minimum absolute atomic E-state index is 0.613. The van der Waals surface area contributed by atoms with Crippen LogP contribution in [-0.2, 0) is 6.42 Å². The van der Waals surface area contributed by atoms with Gasteiger partial charge >= 0.3 is 0 Å². The van der Waals surface area contributed by atoms with Gasteiger partial charge in [-0.15, -0.1) is 11.3 Å². The minimum Gasteiger partial charge on any atom is -0.316 e. The largest absolute Gasteiger partial charge is 0.316 e. The van der Waals surface area contributed by atoms with Gasteiger partial charge in [0.15, 0.2) is 0 Å². The van der Waals surface area contributed by atoms with E-state index < -0.39 is 0 Å². The molecule has 2 rings (SSSR count). The molecule has 0 aromatic carbocycles. The lowest BCUT2D eigenvalue weighted by molar-refractivity contribution is 0.514. The summed E-state index contributed by atoms with van der Waals surface area (Å²) in [6.07, 6.45) is 8.37. The molecule has 0 aliphatic heterocycles. The second-order valence-corrected chi connectivity index (χ2v) is 8.26. The van der Waals surface area contributed by atoms with Crippen LogP contribution in [0.15, 0.2) is 15.9 Å². The number of hydrogen-bond acceptors (Lipinski definition) is 3. The van der Waals surface area contributed by atoms with Crippen LogP contribution >= 0.6 is 39.0 Å². The van der Waals surface area contributed by atoms with Crippen LogP contribution in [0.25, 0.3) is 0 Å². The van der Waals surface area contributed by atoms with Crippen molar-refractivity contribution in [2.24, 2.45) is 0 Å². The van der Waals surface area contributed by atoms with Gasteiger partial charge in [0.05, 0.1) is 0 Å². The lowest BCUT2D eigenvalue weighted by Crippen LogP contribution is -2.30. The summed E-state index contributed by atoms with van der Waals surface area (Å²) in [5.41, 5.74) is 0. The maximum atomic E-state index is 3.53. The monoisotopic (exact) mass is 347 g/mol. The van der Waals surface area contributed by atoms with Crippen molar-refractivity contribution in [3.8, 4) is 0 Å². The van der Waals surface area contributed by atoms with Crippen LogP contribution < -0.4 is 5.32 Å². The first-order valence-electron chi connectivity index (χ1n) is 6.79. The van der Waals surface area contributed by atoms with Gasteiger partial charge in [0, 0.05) is 31.8 Å². The van der Waals surface area contributed by atoms with Crippen molar-refractivity contribution in [3.05, 3.63) is 20.8 Å². The van der Waals surface area contributed by atoms with Crippen molar-refractivity contribution < 1.29 is 0 Å². The molecule has 102 valence electrons. The van der Waals surface area contributed by atoms with Crippen LogP contribution in [0.2, 0.25) is 0 Å². The summed E-state index contributed by atoms with van der Waals surface area (Å²) in [4.78, 5) is 1.48. The fraction of sp³-hybridized carbons (Fsp3) is 0.714.